The van der Waals surface area contributed by atoms with Crippen LogP contribution in [0.1, 0.15) is 42.0 Å². The maximum absolute atomic E-state index is 14.7. The van der Waals surface area contributed by atoms with E-state index in [1.54, 1.807) is 30.6 Å². The van der Waals surface area contributed by atoms with Crippen LogP contribution < -0.4 is 4.90 Å². The summed E-state index contributed by atoms with van der Waals surface area (Å²) in [5.41, 5.74) is -0.621. The van der Waals surface area contributed by atoms with Gasteiger partial charge in [0.25, 0.3) is 0 Å². The van der Waals surface area contributed by atoms with Crippen molar-refractivity contribution in [3.8, 4) is 0 Å². The molecule has 0 N–H and O–H groups in total. The number of hydrogen-bond acceptors (Lipinski definition) is 3. The molecule has 0 bridgehead atoms. The SMILES string of the molecule is CC(F)(c1ccc2c(c1)CC[C@H]1N(c3ccnnc3)CC[C@@]21Cc1ccc(F)cc1)C(F)(F)F. The molecule has 1 unspecified atom stereocenters. The Kier molecular flexibility index (Phi) is 5.37. The van der Waals surface area contributed by atoms with Crippen LogP contribution in [0.5, 0.6) is 0 Å². The largest absolute Gasteiger partial charge is 0.426 e. The zero-order valence-corrected chi connectivity index (χ0v) is 18.6. The molecule has 2 aromatic carbocycles. The third-order valence-corrected chi connectivity index (χ3v) is 7.55. The van der Waals surface area contributed by atoms with E-state index in [9.17, 15) is 22.0 Å². The Bertz CT molecular complexity index is 1180. The lowest BCUT2D eigenvalue weighted by Gasteiger charge is -2.44. The van der Waals surface area contributed by atoms with E-state index in [1.807, 2.05) is 6.07 Å². The van der Waals surface area contributed by atoms with Crippen molar-refractivity contribution in [2.45, 2.75) is 55.9 Å². The summed E-state index contributed by atoms with van der Waals surface area (Å²) in [5.74, 6) is -0.322. The first-order valence-electron chi connectivity index (χ1n) is 11.3. The minimum atomic E-state index is -5.00. The monoisotopic (exact) mass is 473 g/mol. The number of alkyl halides is 4. The van der Waals surface area contributed by atoms with E-state index in [1.165, 1.54) is 24.3 Å². The number of rotatable bonds is 4. The van der Waals surface area contributed by atoms with Crippen molar-refractivity contribution < 1.29 is 22.0 Å². The van der Waals surface area contributed by atoms with Gasteiger partial charge in [0.05, 0.1) is 18.1 Å². The number of halogens is 5. The first-order chi connectivity index (χ1) is 16.1. The highest BCUT2D eigenvalue weighted by molar-refractivity contribution is 5.54. The molecule has 0 radical (unpaired) electrons. The second kappa shape index (κ2) is 8.03. The molecule has 0 saturated carbocycles. The van der Waals surface area contributed by atoms with Crippen LogP contribution in [-0.2, 0) is 23.9 Å². The lowest BCUT2D eigenvalue weighted by Crippen LogP contribution is -2.48. The van der Waals surface area contributed by atoms with Crippen LogP contribution in [0.2, 0.25) is 0 Å². The molecule has 34 heavy (non-hydrogen) atoms. The molecule has 1 aliphatic heterocycles. The average molecular weight is 473 g/mol. The fourth-order valence-electron chi connectivity index (χ4n) is 5.75. The van der Waals surface area contributed by atoms with E-state index in [0.29, 0.717) is 26.2 Å². The first kappa shape index (κ1) is 22.7. The summed E-state index contributed by atoms with van der Waals surface area (Å²) < 4.78 is 68.4. The van der Waals surface area contributed by atoms with E-state index in [0.717, 1.165) is 35.3 Å². The normalized spacial score (nSPS) is 23.8. The van der Waals surface area contributed by atoms with Crippen LogP contribution in [0.3, 0.4) is 0 Å². The molecule has 2 aliphatic rings. The molecule has 5 rings (SSSR count). The van der Waals surface area contributed by atoms with Gasteiger partial charge in [-0.3, -0.25) is 0 Å². The summed E-state index contributed by atoms with van der Waals surface area (Å²) in [4.78, 5) is 2.28. The number of fused-ring (bicyclic) bond motifs is 3. The Morgan fingerprint density at radius 2 is 1.79 bits per heavy atom. The molecule has 1 aliphatic carbocycles. The predicted octanol–water partition coefficient (Wildman–Crippen LogP) is 6.07. The van der Waals surface area contributed by atoms with E-state index >= 15 is 0 Å². The van der Waals surface area contributed by atoms with Gasteiger partial charge in [0.1, 0.15) is 5.82 Å². The fraction of sp³-hybridized carbons (Fsp3) is 0.385. The number of aryl methyl sites for hydroxylation is 1. The molecule has 0 spiro atoms. The number of benzene rings is 2. The summed E-state index contributed by atoms with van der Waals surface area (Å²) in [6, 6.07) is 12.7. The minimum absolute atomic E-state index is 0.0690. The quantitative estimate of drug-likeness (QED) is 0.431. The summed E-state index contributed by atoms with van der Waals surface area (Å²) in [6.07, 6.45) is 0.961. The highest BCUT2D eigenvalue weighted by Gasteiger charge is 2.55. The standard InChI is InChI=1S/C26H24F5N3/c1-24(28,26(29,30)31)19-5-8-22-18(14-19)4-9-23-25(22,15-17-2-6-20(27)7-3-17)11-13-34(23)21-10-12-32-33-16-21/h2-3,5-8,10,12,14,16,23H,4,9,11,13,15H2,1H3/t23-,24?,25-/m1/s1. The van der Waals surface area contributed by atoms with Gasteiger partial charge in [-0.1, -0.05) is 30.3 Å². The Hall–Kier alpha value is -3.03. The molecule has 1 aromatic heterocycles. The van der Waals surface area contributed by atoms with Crippen LogP contribution in [0.4, 0.5) is 27.6 Å². The number of anilines is 1. The van der Waals surface area contributed by atoms with Crippen molar-refractivity contribution >= 4 is 5.69 Å². The molecular formula is C26H24F5N3. The van der Waals surface area contributed by atoms with Gasteiger partial charge in [0.15, 0.2) is 0 Å². The van der Waals surface area contributed by atoms with E-state index in [-0.39, 0.29) is 17.4 Å². The molecule has 8 heteroatoms. The lowest BCUT2D eigenvalue weighted by atomic mass is 9.63. The van der Waals surface area contributed by atoms with Crippen molar-refractivity contribution in [1.29, 1.82) is 0 Å². The highest BCUT2D eigenvalue weighted by Crippen LogP contribution is 2.51. The third-order valence-electron chi connectivity index (χ3n) is 7.55. The molecule has 1 saturated heterocycles. The number of nitrogens with zero attached hydrogens (tertiary/aromatic N) is 3. The van der Waals surface area contributed by atoms with Crippen molar-refractivity contribution in [3.63, 3.8) is 0 Å². The smallest absolute Gasteiger partial charge is 0.366 e. The van der Waals surface area contributed by atoms with Crippen LogP contribution in [0.15, 0.2) is 60.9 Å². The Balaban J connectivity index is 1.60. The van der Waals surface area contributed by atoms with Crippen molar-refractivity contribution in [2.75, 3.05) is 11.4 Å². The first-order valence-corrected chi connectivity index (χ1v) is 11.3. The van der Waals surface area contributed by atoms with Gasteiger partial charge in [-0.05, 0) is 73.1 Å². The van der Waals surface area contributed by atoms with E-state index in [4.69, 9.17) is 0 Å². The average Bonchev–Trinajstić information content (AvgIpc) is 3.19. The van der Waals surface area contributed by atoms with Gasteiger partial charge in [-0.15, -0.1) is 0 Å². The third kappa shape index (κ3) is 3.63. The molecule has 178 valence electrons. The van der Waals surface area contributed by atoms with Crippen molar-refractivity contribution in [1.82, 2.24) is 10.2 Å². The van der Waals surface area contributed by atoms with Gasteiger partial charge in [0, 0.05) is 18.0 Å². The number of aromatic nitrogens is 2. The molecule has 3 atom stereocenters. The summed E-state index contributed by atoms with van der Waals surface area (Å²) >= 11 is 0. The maximum atomic E-state index is 14.7. The Morgan fingerprint density at radius 3 is 2.47 bits per heavy atom. The van der Waals surface area contributed by atoms with Crippen molar-refractivity contribution in [2.24, 2.45) is 0 Å². The van der Waals surface area contributed by atoms with Crippen LogP contribution in [0.25, 0.3) is 0 Å². The molecule has 0 amide bonds. The summed E-state index contributed by atoms with van der Waals surface area (Å²) in [6.45, 7) is 1.31. The topological polar surface area (TPSA) is 29.0 Å². The van der Waals surface area contributed by atoms with Crippen LogP contribution in [0, 0.1) is 5.82 Å². The van der Waals surface area contributed by atoms with Gasteiger partial charge >= 0.3 is 6.18 Å². The predicted molar refractivity (Wildman–Crippen MR) is 119 cm³/mol. The minimum Gasteiger partial charge on any atom is -0.366 e. The highest BCUT2D eigenvalue weighted by atomic mass is 19.4. The van der Waals surface area contributed by atoms with E-state index in [2.05, 4.69) is 15.1 Å². The molecule has 3 nitrogen and oxygen atoms in total. The van der Waals surface area contributed by atoms with Gasteiger partial charge in [-0.25, -0.2) is 8.78 Å². The van der Waals surface area contributed by atoms with Crippen LogP contribution >= 0.6 is 0 Å². The van der Waals surface area contributed by atoms with Gasteiger partial charge < -0.3 is 4.90 Å². The number of hydrogen-bond donors (Lipinski definition) is 0. The molecule has 2 heterocycles. The lowest BCUT2D eigenvalue weighted by molar-refractivity contribution is -0.228. The van der Waals surface area contributed by atoms with E-state index < -0.39 is 17.3 Å². The maximum Gasteiger partial charge on any atom is 0.426 e. The fourth-order valence-corrected chi connectivity index (χ4v) is 5.75. The second-order valence-corrected chi connectivity index (χ2v) is 9.43. The summed E-state index contributed by atoms with van der Waals surface area (Å²) in [7, 11) is 0. The summed E-state index contributed by atoms with van der Waals surface area (Å²) in [5, 5.41) is 7.87. The van der Waals surface area contributed by atoms with Gasteiger partial charge in [0.2, 0.25) is 5.67 Å². The molecule has 3 aromatic rings. The molecule has 1 fully saturated rings. The van der Waals surface area contributed by atoms with Crippen LogP contribution in [-0.4, -0.2) is 29.0 Å². The Morgan fingerprint density at radius 1 is 1.03 bits per heavy atom. The Labute approximate surface area is 194 Å². The molecular weight excluding hydrogens is 449 g/mol. The van der Waals surface area contributed by atoms with Crippen molar-refractivity contribution in [3.05, 3.63) is 89.0 Å². The zero-order valence-electron chi connectivity index (χ0n) is 18.6. The zero-order chi connectivity index (χ0) is 24.1. The second-order valence-electron chi connectivity index (χ2n) is 9.43. The van der Waals surface area contributed by atoms with Gasteiger partial charge in [-0.2, -0.15) is 23.4 Å².